The fourth-order valence-electron chi connectivity index (χ4n) is 6.00. The van der Waals surface area contributed by atoms with Gasteiger partial charge in [0, 0.05) is 12.8 Å². The molecule has 0 amide bonds. The van der Waals surface area contributed by atoms with Crippen molar-refractivity contribution in [2.24, 2.45) is 0 Å². The second-order valence-electron chi connectivity index (χ2n) is 13.5. The Morgan fingerprint density at radius 2 is 0.500 bits per heavy atom. The monoisotopic (exact) mass is 623 g/mol. The van der Waals surface area contributed by atoms with Gasteiger partial charge in [0.25, 0.3) is 0 Å². The van der Waals surface area contributed by atoms with Crippen molar-refractivity contribution in [3.63, 3.8) is 0 Å². The SMILES string of the molecule is CCCCCCCCCCCCCOC(=O)CCCCCCCCCCCCC(=O)OCCCCCCCCCCCCC. The maximum atomic E-state index is 11.9. The minimum atomic E-state index is -0.00459. The van der Waals surface area contributed by atoms with Crippen molar-refractivity contribution in [2.75, 3.05) is 13.2 Å². The van der Waals surface area contributed by atoms with Crippen LogP contribution in [0.3, 0.4) is 0 Å². The average Bonchev–Trinajstić information content (AvgIpc) is 3.02. The number of esters is 2. The molecule has 0 saturated carbocycles. The van der Waals surface area contributed by atoms with E-state index in [2.05, 4.69) is 13.8 Å². The lowest BCUT2D eigenvalue weighted by atomic mass is 10.1. The van der Waals surface area contributed by atoms with Crippen LogP contribution in [0.1, 0.15) is 232 Å². The molecule has 0 aromatic carbocycles. The van der Waals surface area contributed by atoms with Crippen LogP contribution in [0.4, 0.5) is 0 Å². The lowest BCUT2D eigenvalue weighted by Gasteiger charge is -2.06. The van der Waals surface area contributed by atoms with E-state index in [-0.39, 0.29) is 11.9 Å². The summed E-state index contributed by atoms with van der Waals surface area (Å²) in [5.74, 6) is -0.00918. The van der Waals surface area contributed by atoms with E-state index in [1.807, 2.05) is 0 Å². The van der Waals surface area contributed by atoms with Crippen LogP contribution in [0.2, 0.25) is 0 Å². The molecule has 0 rings (SSSR count). The Kier molecular flexibility index (Phi) is 37.2. The Hall–Kier alpha value is -1.06. The molecule has 0 aromatic heterocycles. The van der Waals surface area contributed by atoms with Crippen molar-refractivity contribution < 1.29 is 19.1 Å². The Balaban J connectivity index is 3.22. The van der Waals surface area contributed by atoms with Crippen molar-refractivity contribution in [3.05, 3.63) is 0 Å². The normalized spacial score (nSPS) is 11.2. The number of hydrogen-bond donors (Lipinski definition) is 0. The summed E-state index contributed by atoms with van der Waals surface area (Å²) >= 11 is 0. The van der Waals surface area contributed by atoms with Gasteiger partial charge in [-0.15, -0.1) is 0 Å². The zero-order valence-electron chi connectivity index (χ0n) is 30.1. The van der Waals surface area contributed by atoms with Gasteiger partial charge in [-0.2, -0.15) is 0 Å². The van der Waals surface area contributed by atoms with Crippen LogP contribution in [0.15, 0.2) is 0 Å². The molecular weight excluding hydrogens is 544 g/mol. The van der Waals surface area contributed by atoms with E-state index in [0.29, 0.717) is 26.1 Å². The van der Waals surface area contributed by atoms with Crippen LogP contribution in [-0.2, 0) is 19.1 Å². The summed E-state index contributed by atoms with van der Waals surface area (Å²) in [7, 11) is 0. The molecule has 0 atom stereocenters. The van der Waals surface area contributed by atoms with Crippen LogP contribution < -0.4 is 0 Å². The van der Waals surface area contributed by atoms with Gasteiger partial charge in [-0.1, -0.05) is 194 Å². The first kappa shape index (κ1) is 42.9. The van der Waals surface area contributed by atoms with Gasteiger partial charge in [-0.05, 0) is 25.7 Å². The standard InChI is InChI=1S/C40H78O4/c1-3-5-7-9-11-13-17-21-25-29-33-37-43-39(41)35-31-27-23-19-15-16-20-24-28-32-36-40(42)44-38-34-30-26-22-18-14-12-10-8-6-4-2/h3-38H2,1-2H3. The minimum Gasteiger partial charge on any atom is -0.466 e. The second-order valence-corrected chi connectivity index (χ2v) is 13.5. The third-order valence-corrected chi connectivity index (χ3v) is 9.03. The molecule has 0 aliphatic rings. The Bertz CT molecular complexity index is 526. The summed E-state index contributed by atoms with van der Waals surface area (Å²) in [4.78, 5) is 23.8. The first-order chi connectivity index (χ1) is 21.7. The summed E-state index contributed by atoms with van der Waals surface area (Å²) in [5, 5.41) is 0. The number of rotatable bonds is 37. The fraction of sp³-hybridized carbons (Fsp3) is 0.950. The highest BCUT2D eigenvalue weighted by molar-refractivity contribution is 5.69. The van der Waals surface area contributed by atoms with Gasteiger partial charge < -0.3 is 9.47 Å². The van der Waals surface area contributed by atoms with Gasteiger partial charge in [0.1, 0.15) is 0 Å². The molecule has 44 heavy (non-hydrogen) atoms. The van der Waals surface area contributed by atoms with Crippen LogP contribution in [0.5, 0.6) is 0 Å². The largest absolute Gasteiger partial charge is 0.466 e. The molecule has 0 radical (unpaired) electrons. The van der Waals surface area contributed by atoms with Crippen LogP contribution >= 0.6 is 0 Å². The number of unbranched alkanes of at least 4 members (excludes halogenated alkanes) is 29. The van der Waals surface area contributed by atoms with Crippen molar-refractivity contribution in [1.29, 1.82) is 0 Å². The Morgan fingerprint density at radius 1 is 0.295 bits per heavy atom. The molecule has 0 N–H and O–H groups in total. The van der Waals surface area contributed by atoms with E-state index in [4.69, 9.17) is 9.47 Å². The molecule has 0 unspecified atom stereocenters. The first-order valence-corrected chi connectivity index (χ1v) is 20.0. The van der Waals surface area contributed by atoms with Crippen molar-refractivity contribution in [2.45, 2.75) is 232 Å². The summed E-state index contributed by atoms with van der Waals surface area (Å²) in [5.41, 5.74) is 0. The highest BCUT2D eigenvalue weighted by atomic mass is 16.5. The second kappa shape index (κ2) is 38.1. The van der Waals surface area contributed by atoms with E-state index in [1.165, 1.54) is 167 Å². The number of carbonyl (C=O) groups is 2. The van der Waals surface area contributed by atoms with E-state index >= 15 is 0 Å². The predicted octanol–water partition coefficient (Wildman–Crippen LogP) is 13.4. The number of hydrogen-bond acceptors (Lipinski definition) is 4. The van der Waals surface area contributed by atoms with Crippen molar-refractivity contribution in [1.82, 2.24) is 0 Å². The lowest BCUT2D eigenvalue weighted by molar-refractivity contribution is -0.144. The van der Waals surface area contributed by atoms with E-state index < -0.39 is 0 Å². The van der Waals surface area contributed by atoms with Gasteiger partial charge in [-0.3, -0.25) is 9.59 Å². The molecule has 0 heterocycles. The molecule has 4 nitrogen and oxygen atoms in total. The van der Waals surface area contributed by atoms with Crippen LogP contribution in [-0.4, -0.2) is 25.2 Å². The maximum Gasteiger partial charge on any atom is 0.305 e. The third kappa shape index (κ3) is 37.1. The van der Waals surface area contributed by atoms with E-state index in [0.717, 1.165) is 38.5 Å². The molecule has 0 aromatic rings. The molecule has 0 spiro atoms. The number of ether oxygens (including phenoxy) is 2. The number of carbonyl (C=O) groups excluding carboxylic acids is 2. The highest BCUT2D eigenvalue weighted by Crippen LogP contribution is 2.15. The molecule has 0 saturated heterocycles. The molecule has 0 aliphatic carbocycles. The molecule has 4 heteroatoms. The van der Waals surface area contributed by atoms with Gasteiger partial charge >= 0.3 is 11.9 Å². The van der Waals surface area contributed by atoms with Gasteiger partial charge in [0.15, 0.2) is 0 Å². The summed E-state index contributed by atoms with van der Waals surface area (Å²) in [6, 6.07) is 0. The molecule has 0 aliphatic heterocycles. The highest BCUT2D eigenvalue weighted by Gasteiger charge is 2.04. The summed E-state index contributed by atoms with van der Waals surface area (Å²) < 4.78 is 10.8. The molecular formula is C40H78O4. The first-order valence-electron chi connectivity index (χ1n) is 20.0. The molecule has 262 valence electrons. The van der Waals surface area contributed by atoms with Crippen molar-refractivity contribution >= 4 is 11.9 Å². The van der Waals surface area contributed by atoms with Gasteiger partial charge in [0.2, 0.25) is 0 Å². The topological polar surface area (TPSA) is 52.6 Å². The molecule has 0 fully saturated rings. The third-order valence-electron chi connectivity index (χ3n) is 9.03. The van der Waals surface area contributed by atoms with E-state index in [1.54, 1.807) is 0 Å². The fourth-order valence-corrected chi connectivity index (χ4v) is 6.00. The smallest absolute Gasteiger partial charge is 0.305 e. The van der Waals surface area contributed by atoms with Gasteiger partial charge in [-0.25, -0.2) is 0 Å². The minimum absolute atomic E-state index is 0.00459. The zero-order valence-corrected chi connectivity index (χ0v) is 30.1. The molecule has 0 bridgehead atoms. The van der Waals surface area contributed by atoms with Gasteiger partial charge in [0.05, 0.1) is 13.2 Å². The Morgan fingerprint density at radius 3 is 0.750 bits per heavy atom. The van der Waals surface area contributed by atoms with Crippen LogP contribution in [0.25, 0.3) is 0 Å². The predicted molar refractivity (Wildman–Crippen MR) is 190 cm³/mol. The summed E-state index contributed by atoms with van der Waals surface area (Å²) in [6.45, 7) is 5.76. The quantitative estimate of drug-likeness (QED) is 0.0511. The maximum absolute atomic E-state index is 11.9. The zero-order chi connectivity index (χ0) is 32.0. The lowest BCUT2D eigenvalue weighted by Crippen LogP contribution is -2.05. The average molecular weight is 623 g/mol. The van der Waals surface area contributed by atoms with Crippen LogP contribution in [0, 0.1) is 0 Å². The Labute approximate surface area is 276 Å². The van der Waals surface area contributed by atoms with Crippen molar-refractivity contribution in [3.8, 4) is 0 Å². The summed E-state index contributed by atoms with van der Waals surface area (Å²) in [6.07, 6.45) is 41.9. The van der Waals surface area contributed by atoms with E-state index in [9.17, 15) is 9.59 Å².